The first-order chi connectivity index (χ1) is 10.7. The molecule has 1 aromatic heterocycles. The molecule has 23 heavy (non-hydrogen) atoms. The summed E-state index contributed by atoms with van der Waals surface area (Å²) in [5.74, 6) is -1.14. The van der Waals surface area contributed by atoms with Gasteiger partial charge in [0.25, 0.3) is 0 Å². The van der Waals surface area contributed by atoms with Crippen LogP contribution < -0.4 is 0 Å². The molecule has 5 nitrogen and oxygen atoms in total. The number of halogens is 2. The highest BCUT2D eigenvalue weighted by atomic mass is 79.9. The maximum absolute atomic E-state index is 12.0. The van der Waals surface area contributed by atoms with Crippen LogP contribution in [0.3, 0.4) is 0 Å². The topological polar surface area (TPSA) is 77.5 Å². The molecule has 0 N–H and O–H groups in total. The van der Waals surface area contributed by atoms with E-state index in [9.17, 15) is 18.0 Å². The second-order valence-corrected chi connectivity index (χ2v) is 9.37. The van der Waals surface area contributed by atoms with Gasteiger partial charge in [-0.15, -0.1) is 11.3 Å². The van der Waals surface area contributed by atoms with E-state index in [-0.39, 0.29) is 21.3 Å². The first-order valence-electron chi connectivity index (χ1n) is 6.14. The van der Waals surface area contributed by atoms with Crippen molar-refractivity contribution in [3.8, 4) is 0 Å². The van der Waals surface area contributed by atoms with Gasteiger partial charge in [0.15, 0.2) is 16.4 Å². The van der Waals surface area contributed by atoms with Crippen LogP contribution >= 0.6 is 38.9 Å². The highest BCUT2D eigenvalue weighted by Gasteiger charge is 2.18. The van der Waals surface area contributed by atoms with E-state index in [1.807, 2.05) is 0 Å². The minimum absolute atomic E-state index is 0.00925. The Balaban J connectivity index is 2.11. The normalized spacial score (nSPS) is 11.3. The Kier molecular flexibility index (Phi) is 5.61. The summed E-state index contributed by atoms with van der Waals surface area (Å²) >= 11 is 10.3. The van der Waals surface area contributed by atoms with Crippen molar-refractivity contribution in [3.05, 3.63) is 49.6 Å². The third-order valence-electron chi connectivity index (χ3n) is 2.75. The number of carbonyl (C=O) groups excluding carboxylic acids is 2. The van der Waals surface area contributed by atoms with E-state index in [1.165, 1.54) is 23.5 Å². The quantitative estimate of drug-likeness (QED) is 0.527. The number of ether oxygens (including phenoxy) is 1. The van der Waals surface area contributed by atoms with Crippen molar-refractivity contribution in [2.75, 3.05) is 12.9 Å². The van der Waals surface area contributed by atoms with Crippen molar-refractivity contribution >= 4 is 60.5 Å². The summed E-state index contributed by atoms with van der Waals surface area (Å²) in [4.78, 5) is 24.1. The van der Waals surface area contributed by atoms with Gasteiger partial charge in [0, 0.05) is 6.26 Å². The van der Waals surface area contributed by atoms with Crippen molar-refractivity contribution in [1.82, 2.24) is 0 Å². The molecule has 0 aliphatic heterocycles. The molecule has 2 aromatic rings. The Morgan fingerprint density at radius 2 is 1.96 bits per heavy atom. The zero-order valence-electron chi connectivity index (χ0n) is 11.7. The van der Waals surface area contributed by atoms with Crippen LogP contribution in [0.1, 0.15) is 20.0 Å². The van der Waals surface area contributed by atoms with Crippen LogP contribution in [-0.4, -0.2) is 33.0 Å². The van der Waals surface area contributed by atoms with E-state index in [4.69, 9.17) is 16.3 Å². The van der Waals surface area contributed by atoms with E-state index in [2.05, 4.69) is 15.9 Å². The van der Waals surface area contributed by atoms with Gasteiger partial charge >= 0.3 is 5.97 Å². The fourth-order valence-corrected chi connectivity index (χ4v) is 4.28. The van der Waals surface area contributed by atoms with Crippen molar-refractivity contribution in [2.45, 2.75) is 4.90 Å². The lowest BCUT2D eigenvalue weighted by Crippen LogP contribution is -2.14. The molecule has 1 heterocycles. The molecule has 122 valence electrons. The molecule has 0 aliphatic rings. The summed E-state index contributed by atoms with van der Waals surface area (Å²) < 4.78 is 28.9. The summed E-state index contributed by atoms with van der Waals surface area (Å²) in [6.45, 7) is -0.428. The third-order valence-corrected chi connectivity index (χ3v) is 5.99. The van der Waals surface area contributed by atoms with Gasteiger partial charge < -0.3 is 4.74 Å². The Morgan fingerprint density at radius 1 is 1.26 bits per heavy atom. The van der Waals surface area contributed by atoms with E-state index < -0.39 is 22.4 Å². The Hall–Kier alpha value is -1.22. The second kappa shape index (κ2) is 7.12. The molecule has 2 rings (SSSR count). The van der Waals surface area contributed by atoms with Crippen LogP contribution in [0.25, 0.3) is 0 Å². The lowest BCUT2D eigenvalue weighted by Gasteiger charge is -2.06. The van der Waals surface area contributed by atoms with Crippen LogP contribution in [-0.2, 0) is 14.6 Å². The molecule has 0 spiro atoms. The number of thiophene rings is 1. The molecule has 0 unspecified atom stereocenters. The lowest BCUT2D eigenvalue weighted by atomic mass is 10.2. The summed E-state index contributed by atoms with van der Waals surface area (Å²) in [6, 6.07) is 7.11. The highest BCUT2D eigenvalue weighted by molar-refractivity contribution is 9.11. The summed E-state index contributed by atoms with van der Waals surface area (Å²) in [6.07, 6.45) is 0.988. The maximum atomic E-state index is 12.0. The summed E-state index contributed by atoms with van der Waals surface area (Å²) in [5, 5.41) is 0.0172. The smallest absolute Gasteiger partial charge is 0.338 e. The Bertz CT molecular complexity index is 873. The molecule has 0 atom stereocenters. The summed E-state index contributed by atoms with van der Waals surface area (Å²) in [7, 11) is -3.57. The zero-order valence-corrected chi connectivity index (χ0v) is 15.7. The molecule has 0 aliphatic carbocycles. The van der Waals surface area contributed by atoms with Crippen LogP contribution in [0.5, 0.6) is 0 Å². The fourth-order valence-electron chi connectivity index (χ4n) is 1.66. The molecule has 0 amide bonds. The number of ketones is 1. The van der Waals surface area contributed by atoms with Crippen LogP contribution in [0.2, 0.25) is 5.02 Å². The molecule has 0 bridgehead atoms. The van der Waals surface area contributed by atoms with Crippen molar-refractivity contribution < 1.29 is 22.7 Å². The van der Waals surface area contributed by atoms with Gasteiger partial charge in [-0.2, -0.15) is 0 Å². The molecule has 0 saturated heterocycles. The fraction of sp³-hybridized carbons (Fsp3) is 0.143. The minimum atomic E-state index is -3.57. The highest BCUT2D eigenvalue weighted by Crippen LogP contribution is 2.24. The molecule has 0 radical (unpaired) electrons. The van der Waals surface area contributed by atoms with Gasteiger partial charge in [-0.1, -0.05) is 11.6 Å². The predicted molar refractivity (Wildman–Crippen MR) is 91.2 cm³/mol. The molecule has 9 heteroatoms. The molecule has 0 saturated carbocycles. The summed E-state index contributed by atoms with van der Waals surface area (Å²) in [5.41, 5.74) is 0.00925. The standard InChI is InChI=1S/C14H10BrClO5S2/c1-23(19,20)12-6-8(2-3-9(12)16)14(18)21-7-10(17)11-4-5-13(15)22-11/h2-6H,7H2,1H3. The first kappa shape index (κ1) is 18.1. The average Bonchev–Trinajstić information content (AvgIpc) is 2.90. The van der Waals surface area contributed by atoms with Gasteiger partial charge in [-0.05, 0) is 46.3 Å². The maximum Gasteiger partial charge on any atom is 0.338 e. The number of rotatable bonds is 5. The van der Waals surface area contributed by atoms with Crippen LogP contribution in [0.15, 0.2) is 39.0 Å². The van der Waals surface area contributed by atoms with Gasteiger partial charge in [0.2, 0.25) is 5.78 Å². The van der Waals surface area contributed by atoms with E-state index in [0.29, 0.717) is 4.88 Å². The predicted octanol–water partition coefficient (Wildman–Crippen LogP) is 3.61. The molecule has 0 fully saturated rings. The number of Topliss-reactive ketones (excluding diaryl/α,β-unsaturated/α-hetero) is 1. The van der Waals surface area contributed by atoms with Crippen molar-refractivity contribution in [3.63, 3.8) is 0 Å². The Labute approximate surface area is 150 Å². The van der Waals surface area contributed by atoms with E-state index in [1.54, 1.807) is 12.1 Å². The second-order valence-electron chi connectivity index (χ2n) is 4.52. The molecular weight excluding hydrogens is 428 g/mol. The number of hydrogen-bond donors (Lipinski definition) is 0. The van der Waals surface area contributed by atoms with E-state index in [0.717, 1.165) is 16.1 Å². The molecular formula is C14H10BrClO5S2. The van der Waals surface area contributed by atoms with Gasteiger partial charge in [-0.3, -0.25) is 4.79 Å². The number of hydrogen-bond acceptors (Lipinski definition) is 6. The third kappa shape index (κ3) is 4.63. The number of carbonyl (C=O) groups is 2. The number of sulfone groups is 1. The molecule has 1 aromatic carbocycles. The van der Waals surface area contributed by atoms with Gasteiger partial charge in [-0.25, -0.2) is 13.2 Å². The van der Waals surface area contributed by atoms with Crippen molar-refractivity contribution in [2.24, 2.45) is 0 Å². The number of esters is 1. The van der Waals surface area contributed by atoms with Gasteiger partial charge in [0.05, 0.1) is 24.1 Å². The lowest BCUT2D eigenvalue weighted by molar-refractivity contribution is 0.0475. The monoisotopic (exact) mass is 436 g/mol. The Morgan fingerprint density at radius 3 is 2.52 bits per heavy atom. The minimum Gasteiger partial charge on any atom is -0.454 e. The SMILES string of the molecule is CS(=O)(=O)c1cc(C(=O)OCC(=O)c2ccc(Br)s2)ccc1Cl. The van der Waals surface area contributed by atoms with Gasteiger partial charge in [0.1, 0.15) is 0 Å². The first-order valence-corrected chi connectivity index (χ1v) is 10.0. The zero-order chi connectivity index (χ0) is 17.2. The van der Waals surface area contributed by atoms with Crippen LogP contribution in [0.4, 0.5) is 0 Å². The van der Waals surface area contributed by atoms with Crippen LogP contribution in [0, 0.1) is 0 Å². The van der Waals surface area contributed by atoms with E-state index >= 15 is 0 Å². The van der Waals surface area contributed by atoms with Crippen molar-refractivity contribution in [1.29, 1.82) is 0 Å². The largest absolute Gasteiger partial charge is 0.454 e. The average molecular weight is 438 g/mol. The number of benzene rings is 1.